The molecule has 1 atom stereocenters. The Morgan fingerprint density at radius 1 is 1.10 bits per heavy atom. The van der Waals surface area contributed by atoms with Gasteiger partial charge in [-0.2, -0.15) is 0 Å². The largest absolute Gasteiger partial charge is 0.480 e. The molecule has 0 saturated carbocycles. The molecule has 20 heavy (non-hydrogen) atoms. The predicted octanol–water partition coefficient (Wildman–Crippen LogP) is 2.32. The van der Waals surface area contributed by atoms with Crippen molar-refractivity contribution in [2.45, 2.75) is 12.5 Å². The minimum absolute atomic E-state index is 0.438. The number of carbonyl (C=O) groups is 1. The van der Waals surface area contributed by atoms with Crippen LogP contribution in [0.1, 0.15) is 5.56 Å². The van der Waals surface area contributed by atoms with E-state index in [4.69, 9.17) is 0 Å². The summed E-state index contributed by atoms with van der Waals surface area (Å²) in [5.74, 6) is -0.864. The molecule has 0 aromatic heterocycles. The second-order valence-electron chi connectivity index (χ2n) is 4.60. The zero-order valence-electron chi connectivity index (χ0n) is 11.4. The third kappa shape index (κ3) is 3.83. The lowest BCUT2D eigenvalue weighted by atomic mass is 10.1. The van der Waals surface area contributed by atoms with Crippen LogP contribution in [0.15, 0.2) is 60.7 Å². The molecule has 0 saturated heterocycles. The third-order valence-electron chi connectivity index (χ3n) is 3.07. The molecule has 2 N–H and O–H groups in total. The van der Waals surface area contributed by atoms with Gasteiger partial charge in [0, 0.05) is 13.5 Å². The Balaban J connectivity index is 2.05. The molecule has 0 fully saturated rings. The Kier molecular flexibility index (Phi) is 4.74. The number of aliphatic carboxylic acids is 1. The van der Waals surface area contributed by atoms with E-state index in [1.807, 2.05) is 67.7 Å². The number of nitrogens with one attached hydrogen (secondary N) is 1. The SMILES string of the molecule is CN(N[C@@H](Cc1ccccc1)C(=O)O)c1ccccc1. The zero-order valence-corrected chi connectivity index (χ0v) is 11.4. The molecule has 2 aromatic carbocycles. The van der Waals surface area contributed by atoms with E-state index in [2.05, 4.69) is 5.43 Å². The van der Waals surface area contributed by atoms with E-state index in [9.17, 15) is 9.90 Å². The summed E-state index contributed by atoms with van der Waals surface area (Å²) in [6, 6.07) is 18.6. The van der Waals surface area contributed by atoms with E-state index < -0.39 is 12.0 Å². The summed E-state index contributed by atoms with van der Waals surface area (Å²) in [6.45, 7) is 0. The Morgan fingerprint density at radius 3 is 2.20 bits per heavy atom. The van der Waals surface area contributed by atoms with Gasteiger partial charge in [-0.3, -0.25) is 4.79 Å². The summed E-state index contributed by atoms with van der Waals surface area (Å²) >= 11 is 0. The number of carboxylic acids is 1. The van der Waals surface area contributed by atoms with Crippen LogP contribution in [0.5, 0.6) is 0 Å². The van der Waals surface area contributed by atoms with Crippen molar-refractivity contribution in [2.24, 2.45) is 0 Å². The second-order valence-corrected chi connectivity index (χ2v) is 4.60. The molecule has 0 aliphatic heterocycles. The number of para-hydroxylation sites is 1. The molecule has 0 heterocycles. The van der Waals surface area contributed by atoms with Gasteiger partial charge in [0.2, 0.25) is 0 Å². The Hall–Kier alpha value is -2.33. The third-order valence-corrected chi connectivity index (χ3v) is 3.07. The first-order valence-electron chi connectivity index (χ1n) is 6.48. The summed E-state index contributed by atoms with van der Waals surface area (Å²) < 4.78 is 0. The fourth-order valence-electron chi connectivity index (χ4n) is 2.00. The lowest BCUT2D eigenvalue weighted by Crippen LogP contribution is -2.48. The van der Waals surface area contributed by atoms with Gasteiger partial charge in [0.15, 0.2) is 0 Å². The van der Waals surface area contributed by atoms with Gasteiger partial charge in [-0.15, -0.1) is 0 Å². The van der Waals surface area contributed by atoms with Gasteiger partial charge in [-0.05, 0) is 17.7 Å². The van der Waals surface area contributed by atoms with E-state index in [0.29, 0.717) is 6.42 Å². The number of hydrogen-bond acceptors (Lipinski definition) is 3. The van der Waals surface area contributed by atoms with Crippen LogP contribution in [0.4, 0.5) is 5.69 Å². The number of anilines is 1. The van der Waals surface area contributed by atoms with Crippen LogP contribution in [-0.2, 0) is 11.2 Å². The molecule has 104 valence electrons. The minimum atomic E-state index is -0.864. The molecule has 0 radical (unpaired) electrons. The predicted molar refractivity (Wildman–Crippen MR) is 79.6 cm³/mol. The van der Waals surface area contributed by atoms with Crippen LogP contribution in [0.2, 0.25) is 0 Å². The number of rotatable bonds is 6. The lowest BCUT2D eigenvalue weighted by molar-refractivity contribution is -0.139. The summed E-state index contributed by atoms with van der Waals surface area (Å²) in [6.07, 6.45) is 0.438. The number of carboxylic acid groups (broad SMARTS) is 1. The zero-order chi connectivity index (χ0) is 14.4. The average Bonchev–Trinajstić information content (AvgIpc) is 2.48. The van der Waals surface area contributed by atoms with Crippen LogP contribution in [-0.4, -0.2) is 24.2 Å². The molecular weight excluding hydrogens is 252 g/mol. The van der Waals surface area contributed by atoms with E-state index in [1.165, 1.54) is 0 Å². The molecule has 2 aromatic rings. The van der Waals surface area contributed by atoms with Gasteiger partial charge in [-0.25, -0.2) is 5.43 Å². The van der Waals surface area contributed by atoms with Gasteiger partial charge in [0.05, 0.1) is 5.69 Å². The summed E-state index contributed by atoms with van der Waals surface area (Å²) in [5.41, 5.74) is 4.93. The summed E-state index contributed by atoms with van der Waals surface area (Å²) in [5, 5.41) is 11.1. The molecule has 4 heteroatoms. The van der Waals surface area contributed by atoms with Crippen molar-refractivity contribution in [3.05, 3.63) is 66.2 Å². The Bertz CT molecular complexity index is 543. The molecule has 0 bridgehead atoms. The lowest BCUT2D eigenvalue weighted by Gasteiger charge is -2.25. The van der Waals surface area contributed by atoms with Crippen molar-refractivity contribution >= 4 is 11.7 Å². The average molecular weight is 270 g/mol. The van der Waals surface area contributed by atoms with E-state index in [-0.39, 0.29) is 0 Å². The fourth-order valence-corrected chi connectivity index (χ4v) is 2.00. The second kappa shape index (κ2) is 6.73. The van der Waals surface area contributed by atoms with Crippen LogP contribution in [0.25, 0.3) is 0 Å². The first kappa shape index (κ1) is 14.1. The van der Waals surface area contributed by atoms with Crippen LogP contribution in [0.3, 0.4) is 0 Å². The van der Waals surface area contributed by atoms with Gasteiger partial charge in [0.25, 0.3) is 0 Å². The molecule has 4 nitrogen and oxygen atoms in total. The highest BCUT2D eigenvalue weighted by molar-refractivity contribution is 5.74. The maximum atomic E-state index is 11.4. The highest BCUT2D eigenvalue weighted by atomic mass is 16.4. The first-order chi connectivity index (χ1) is 9.66. The normalized spacial score (nSPS) is 11.8. The van der Waals surface area contributed by atoms with Gasteiger partial charge < -0.3 is 10.1 Å². The maximum absolute atomic E-state index is 11.4. The molecule has 0 aliphatic carbocycles. The number of benzene rings is 2. The molecule has 0 aliphatic rings. The topological polar surface area (TPSA) is 52.6 Å². The van der Waals surface area contributed by atoms with Crippen molar-refractivity contribution < 1.29 is 9.90 Å². The summed E-state index contributed by atoms with van der Waals surface area (Å²) in [4.78, 5) is 11.4. The Labute approximate surface area is 118 Å². The number of nitrogens with zero attached hydrogens (tertiary/aromatic N) is 1. The van der Waals surface area contributed by atoms with E-state index in [0.717, 1.165) is 11.3 Å². The van der Waals surface area contributed by atoms with Crippen molar-refractivity contribution in [3.8, 4) is 0 Å². The van der Waals surface area contributed by atoms with Gasteiger partial charge >= 0.3 is 5.97 Å². The highest BCUT2D eigenvalue weighted by Gasteiger charge is 2.19. The van der Waals surface area contributed by atoms with Gasteiger partial charge in [0.1, 0.15) is 6.04 Å². The van der Waals surface area contributed by atoms with E-state index in [1.54, 1.807) is 5.01 Å². The first-order valence-corrected chi connectivity index (χ1v) is 6.48. The molecule has 0 spiro atoms. The van der Waals surface area contributed by atoms with Crippen molar-refractivity contribution in [2.75, 3.05) is 12.1 Å². The molecule has 2 rings (SSSR count). The number of hydrogen-bond donors (Lipinski definition) is 2. The van der Waals surface area contributed by atoms with Crippen LogP contribution < -0.4 is 10.4 Å². The van der Waals surface area contributed by atoms with Crippen molar-refractivity contribution in [1.82, 2.24) is 5.43 Å². The summed E-state index contributed by atoms with van der Waals surface area (Å²) in [7, 11) is 1.82. The maximum Gasteiger partial charge on any atom is 0.322 e. The van der Waals surface area contributed by atoms with E-state index >= 15 is 0 Å². The standard InChI is InChI=1S/C16H18N2O2/c1-18(14-10-6-3-7-11-14)17-15(16(19)20)12-13-8-4-2-5-9-13/h2-11,15,17H,12H2,1H3,(H,19,20)/t15-/m0/s1. The molecular formula is C16H18N2O2. The minimum Gasteiger partial charge on any atom is -0.480 e. The molecule has 0 unspecified atom stereocenters. The quantitative estimate of drug-likeness (QED) is 0.791. The fraction of sp³-hybridized carbons (Fsp3) is 0.188. The van der Waals surface area contributed by atoms with Crippen molar-refractivity contribution in [1.29, 1.82) is 0 Å². The number of hydrazine groups is 1. The van der Waals surface area contributed by atoms with Gasteiger partial charge in [-0.1, -0.05) is 48.5 Å². The highest BCUT2D eigenvalue weighted by Crippen LogP contribution is 2.10. The monoisotopic (exact) mass is 270 g/mol. The van der Waals surface area contributed by atoms with Crippen LogP contribution >= 0.6 is 0 Å². The van der Waals surface area contributed by atoms with Crippen LogP contribution in [0, 0.1) is 0 Å². The smallest absolute Gasteiger partial charge is 0.322 e. The van der Waals surface area contributed by atoms with Crippen molar-refractivity contribution in [3.63, 3.8) is 0 Å². The Morgan fingerprint density at radius 2 is 1.65 bits per heavy atom. The molecule has 0 amide bonds.